The van der Waals surface area contributed by atoms with Crippen molar-refractivity contribution < 1.29 is 39.1 Å². The van der Waals surface area contributed by atoms with E-state index in [0.29, 0.717) is 51.8 Å². The van der Waals surface area contributed by atoms with Gasteiger partial charge in [-0.05, 0) is 18.2 Å². The zero-order valence-electron chi connectivity index (χ0n) is 22.9. The first-order valence-electron chi connectivity index (χ1n) is 13.4. The van der Waals surface area contributed by atoms with E-state index in [4.69, 9.17) is 34.5 Å². The van der Waals surface area contributed by atoms with Crippen LogP contribution in [0.15, 0.2) is 75.5 Å². The number of para-hydroxylation sites is 1. The molecule has 4 rings (SSSR count). The first-order valence-corrected chi connectivity index (χ1v) is 14.2. The van der Waals surface area contributed by atoms with Crippen molar-refractivity contribution in [1.29, 1.82) is 0 Å². The van der Waals surface area contributed by atoms with Crippen LogP contribution in [0.1, 0.15) is 5.56 Å². The van der Waals surface area contributed by atoms with Gasteiger partial charge in [0.05, 0.1) is 51.9 Å². The summed E-state index contributed by atoms with van der Waals surface area (Å²) in [6.07, 6.45) is 1.12. The number of aliphatic hydroxyl groups excluding tert-OH is 1. The molecule has 0 saturated carbocycles. The van der Waals surface area contributed by atoms with Crippen molar-refractivity contribution in [3.05, 3.63) is 66.2 Å². The Morgan fingerprint density at radius 2 is 1.34 bits per heavy atom. The molecule has 2 aromatic carbocycles. The molecule has 41 heavy (non-hydrogen) atoms. The van der Waals surface area contributed by atoms with Crippen molar-refractivity contribution in [3.8, 4) is 0 Å². The van der Waals surface area contributed by atoms with E-state index in [9.17, 15) is 9.59 Å². The molecule has 0 spiro atoms. The molecule has 3 N–H and O–H groups in total. The molecule has 11 nitrogen and oxygen atoms in total. The minimum absolute atomic E-state index is 0.0474. The monoisotopic (exact) mass is 587 g/mol. The molecule has 0 unspecified atom stereocenters. The van der Waals surface area contributed by atoms with Crippen LogP contribution in [0.2, 0.25) is 0 Å². The second-order valence-corrected chi connectivity index (χ2v) is 9.98. The van der Waals surface area contributed by atoms with Gasteiger partial charge in [-0.25, -0.2) is 14.6 Å². The summed E-state index contributed by atoms with van der Waals surface area (Å²) >= 11 is 1.80. The van der Waals surface area contributed by atoms with Gasteiger partial charge in [0, 0.05) is 60.2 Å². The molecule has 0 atom stereocenters. The predicted molar refractivity (Wildman–Crippen MR) is 155 cm³/mol. The Kier molecular flexibility index (Phi) is 14.3. The van der Waals surface area contributed by atoms with E-state index in [0.717, 1.165) is 44.2 Å². The third-order valence-electron chi connectivity index (χ3n) is 6.01. The van der Waals surface area contributed by atoms with Crippen LogP contribution in [0.5, 0.6) is 0 Å². The number of fused-ring (bicyclic) bond motifs is 2. The highest BCUT2D eigenvalue weighted by Gasteiger charge is 2.25. The molecule has 12 heteroatoms. The van der Waals surface area contributed by atoms with Gasteiger partial charge in [-0.2, -0.15) is 0 Å². The van der Waals surface area contributed by atoms with Crippen LogP contribution < -0.4 is 0 Å². The Morgan fingerprint density at radius 3 is 1.98 bits per heavy atom. The van der Waals surface area contributed by atoms with Gasteiger partial charge in [0.2, 0.25) is 0 Å². The van der Waals surface area contributed by atoms with E-state index in [1.807, 2.05) is 0 Å². The van der Waals surface area contributed by atoms with Crippen molar-refractivity contribution in [3.63, 3.8) is 0 Å². The summed E-state index contributed by atoms with van der Waals surface area (Å²) in [6, 6.07) is 17.0. The lowest BCUT2D eigenvalue weighted by Crippen LogP contribution is -2.49. The number of benzene rings is 2. The fraction of sp³-hybridized carbons (Fsp3) is 0.414. The Hall–Kier alpha value is -3.26. The molecule has 0 radical (unpaired) electrons. The average Bonchev–Trinajstić information content (AvgIpc) is 3.15. The van der Waals surface area contributed by atoms with Crippen LogP contribution in [0.3, 0.4) is 0 Å². The van der Waals surface area contributed by atoms with Gasteiger partial charge < -0.3 is 34.4 Å². The molecule has 2 aromatic rings. The lowest BCUT2D eigenvalue weighted by atomic mass is 10.1. The Bertz CT molecular complexity index is 1150. The molecular formula is C29H37N3O8S. The quantitative estimate of drug-likeness (QED) is 0.235. The third-order valence-corrected chi connectivity index (χ3v) is 7.15. The van der Waals surface area contributed by atoms with Gasteiger partial charge in [-0.15, -0.1) is 0 Å². The number of piperazine rings is 1. The summed E-state index contributed by atoms with van der Waals surface area (Å²) in [7, 11) is 0. The predicted octanol–water partition coefficient (Wildman–Crippen LogP) is 2.60. The van der Waals surface area contributed by atoms with Crippen molar-refractivity contribution in [2.45, 2.75) is 9.79 Å². The highest BCUT2D eigenvalue weighted by molar-refractivity contribution is 7.99. The summed E-state index contributed by atoms with van der Waals surface area (Å²) < 4.78 is 16.3. The number of nitrogens with zero attached hydrogens (tertiary/aromatic N) is 3. The maximum atomic E-state index is 9.55. The normalized spacial score (nSPS) is 14.9. The SMILES string of the molecule is O=C(O)/C=C/C(=O)O.OCCOCCOCCOCCN1CCN(C2=Nc3ccccc3Sc3ccccc32)CC1. The van der Waals surface area contributed by atoms with E-state index in [-0.39, 0.29) is 6.61 Å². The third kappa shape index (κ3) is 11.6. The largest absolute Gasteiger partial charge is 0.478 e. The number of aliphatic carboxylic acids is 2. The highest BCUT2D eigenvalue weighted by atomic mass is 32.2. The van der Waals surface area contributed by atoms with Crippen molar-refractivity contribution >= 4 is 35.2 Å². The van der Waals surface area contributed by atoms with Crippen molar-refractivity contribution in [2.24, 2.45) is 4.99 Å². The zero-order chi connectivity index (χ0) is 29.3. The van der Waals surface area contributed by atoms with Crippen molar-refractivity contribution in [1.82, 2.24) is 9.80 Å². The summed E-state index contributed by atoms with van der Waals surface area (Å²) in [5, 5.41) is 24.3. The Balaban J connectivity index is 0.000000507. The van der Waals surface area contributed by atoms with Crippen LogP contribution in [0, 0.1) is 0 Å². The fourth-order valence-electron chi connectivity index (χ4n) is 4.04. The smallest absolute Gasteiger partial charge is 0.328 e. The second-order valence-electron chi connectivity index (χ2n) is 8.90. The van der Waals surface area contributed by atoms with Crippen LogP contribution in [0.4, 0.5) is 5.69 Å². The lowest BCUT2D eigenvalue weighted by molar-refractivity contribution is -0.134. The first kappa shape index (κ1) is 32.3. The average molecular weight is 588 g/mol. The van der Waals surface area contributed by atoms with E-state index in [1.165, 1.54) is 15.4 Å². The molecule has 1 saturated heterocycles. The summed E-state index contributed by atoms with van der Waals surface area (Å²) in [5.74, 6) is -1.43. The van der Waals surface area contributed by atoms with Crippen molar-refractivity contribution in [2.75, 3.05) is 79.0 Å². The molecule has 0 bridgehead atoms. The molecule has 2 heterocycles. The number of aliphatic imine (C=N–C) groups is 1. The highest BCUT2D eigenvalue weighted by Crippen LogP contribution is 2.40. The maximum Gasteiger partial charge on any atom is 0.328 e. The molecule has 0 aromatic heterocycles. The van der Waals surface area contributed by atoms with Gasteiger partial charge in [-0.3, -0.25) is 4.90 Å². The number of carboxylic acids is 2. The molecule has 2 aliphatic rings. The summed E-state index contributed by atoms with van der Waals surface area (Å²) in [4.78, 5) is 31.5. The van der Waals surface area contributed by atoms with Gasteiger partial charge in [0.1, 0.15) is 5.84 Å². The number of rotatable bonds is 13. The Labute approximate surface area is 244 Å². The number of amidine groups is 1. The van der Waals surface area contributed by atoms with E-state index >= 15 is 0 Å². The number of carboxylic acid groups (broad SMARTS) is 2. The minimum atomic E-state index is -1.26. The molecular weight excluding hydrogens is 550 g/mol. The van der Waals surface area contributed by atoms with E-state index in [2.05, 4.69) is 58.3 Å². The number of aliphatic hydroxyl groups is 1. The van der Waals surface area contributed by atoms with E-state index in [1.54, 1.807) is 11.8 Å². The number of hydrogen-bond acceptors (Lipinski definition) is 10. The fourth-order valence-corrected chi connectivity index (χ4v) is 5.05. The zero-order valence-corrected chi connectivity index (χ0v) is 23.7. The molecule has 2 aliphatic heterocycles. The lowest BCUT2D eigenvalue weighted by Gasteiger charge is -2.36. The van der Waals surface area contributed by atoms with Gasteiger partial charge in [0.15, 0.2) is 0 Å². The minimum Gasteiger partial charge on any atom is -0.478 e. The standard InChI is InChI=1S/C25H33N3O4S.C4H4O4/c29-14-16-31-18-20-32-19-17-30-15-13-27-9-11-28(12-10-27)25-21-5-1-3-7-23(21)33-24-8-4-2-6-22(24)26-25;5-3(6)1-2-4(7)8/h1-8,29H,9-20H2;1-2H,(H,5,6)(H,7,8)/b;2-1+. The maximum absolute atomic E-state index is 9.55. The number of ether oxygens (including phenoxy) is 3. The number of carbonyl (C=O) groups is 2. The number of hydrogen-bond donors (Lipinski definition) is 3. The van der Waals surface area contributed by atoms with Crippen LogP contribution in [0.25, 0.3) is 0 Å². The van der Waals surface area contributed by atoms with Crippen LogP contribution in [-0.2, 0) is 23.8 Å². The molecule has 1 fully saturated rings. The molecule has 0 amide bonds. The van der Waals surface area contributed by atoms with Crippen LogP contribution in [-0.4, -0.2) is 122 Å². The summed E-state index contributed by atoms with van der Waals surface area (Å²) in [5.41, 5.74) is 2.27. The van der Waals surface area contributed by atoms with Gasteiger partial charge in [-0.1, -0.05) is 42.1 Å². The molecule has 222 valence electrons. The summed E-state index contributed by atoms with van der Waals surface area (Å²) in [6.45, 7) is 8.13. The first-order chi connectivity index (χ1) is 20.0. The van der Waals surface area contributed by atoms with Crippen LogP contribution >= 0.6 is 11.8 Å². The second kappa shape index (κ2) is 18.2. The topological polar surface area (TPSA) is 141 Å². The van der Waals surface area contributed by atoms with Gasteiger partial charge in [0.25, 0.3) is 0 Å². The van der Waals surface area contributed by atoms with E-state index < -0.39 is 11.9 Å². The molecule has 0 aliphatic carbocycles. The Morgan fingerprint density at radius 1 is 0.780 bits per heavy atom. The van der Waals surface area contributed by atoms with Gasteiger partial charge >= 0.3 is 11.9 Å².